The Hall–Kier alpha value is -2.34. The molecule has 2 aromatic heterocycles. The molecule has 2 heterocycles. The summed E-state index contributed by atoms with van der Waals surface area (Å²) < 4.78 is 25.9. The van der Waals surface area contributed by atoms with Crippen molar-refractivity contribution in [1.82, 2.24) is 19.7 Å². The third kappa shape index (κ3) is 2.75. The van der Waals surface area contributed by atoms with Crippen molar-refractivity contribution < 1.29 is 8.78 Å². The van der Waals surface area contributed by atoms with Gasteiger partial charge < -0.3 is 0 Å². The maximum absolute atomic E-state index is 12.6. The van der Waals surface area contributed by atoms with E-state index in [1.54, 1.807) is 30.5 Å². The number of hydrogen-bond donors (Lipinski definition) is 0. The fourth-order valence-electron chi connectivity index (χ4n) is 2.01. The molecule has 0 radical (unpaired) electrons. The van der Waals surface area contributed by atoms with Crippen molar-refractivity contribution in [2.45, 2.75) is 6.55 Å². The van der Waals surface area contributed by atoms with Crippen molar-refractivity contribution in [2.75, 3.05) is 0 Å². The summed E-state index contributed by atoms with van der Waals surface area (Å²) in [5.74, 6) is 0. The van der Waals surface area contributed by atoms with Gasteiger partial charge in [0.2, 0.25) is 0 Å². The van der Waals surface area contributed by atoms with E-state index in [0.717, 1.165) is 11.1 Å². The lowest BCUT2D eigenvalue weighted by Gasteiger charge is -2.08. The Morgan fingerprint density at radius 3 is 2.67 bits per heavy atom. The van der Waals surface area contributed by atoms with E-state index in [1.165, 1.54) is 18.7 Å². The van der Waals surface area contributed by atoms with Crippen molar-refractivity contribution in [3.05, 3.63) is 54.2 Å². The maximum Gasteiger partial charge on any atom is 0.333 e. The first-order valence-electron chi connectivity index (χ1n) is 6.04. The third-order valence-electron chi connectivity index (χ3n) is 2.95. The van der Waals surface area contributed by atoms with Crippen LogP contribution in [0.15, 0.2) is 49.2 Å². The van der Waals surface area contributed by atoms with E-state index >= 15 is 0 Å². The molecular weight excluding hydrogens is 298 g/mol. The van der Waals surface area contributed by atoms with Gasteiger partial charge in [-0.2, -0.15) is 13.9 Å². The van der Waals surface area contributed by atoms with Gasteiger partial charge in [0.05, 0.1) is 11.9 Å². The van der Waals surface area contributed by atoms with E-state index in [0.29, 0.717) is 21.0 Å². The van der Waals surface area contributed by atoms with Crippen molar-refractivity contribution >= 4 is 11.6 Å². The molecule has 4 nitrogen and oxygen atoms in total. The minimum Gasteiger partial charge on any atom is -0.245 e. The molecule has 0 saturated heterocycles. The molecule has 0 aliphatic carbocycles. The number of benzene rings is 1. The second-order valence-corrected chi connectivity index (χ2v) is 4.71. The molecule has 106 valence electrons. The Bertz CT molecular complexity index is 759. The molecule has 3 aromatic rings. The summed E-state index contributed by atoms with van der Waals surface area (Å²) in [5, 5.41) is 4.19. The number of halogens is 3. The summed E-state index contributed by atoms with van der Waals surface area (Å²) in [6, 6.07) is 6.92. The first-order valence-corrected chi connectivity index (χ1v) is 6.41. The third-order valence-corrected chi connectivity index (χ3v) is 3.19. The monoisotopic (exact) mass is 306 g/mol. The highest BCUT2D eigenvalue weighted by molar-refractivity contribution is 6.31. The number of nitrogens with zero attached hydrogens (tertiary/aromatic N) is 4. The summed E-state index contributed by atoms with van der Waals surface area (Å²) in [7, 11) is 0. The minimum atomic E-state index is -2.67. The van der Waals surface area contributed by atoms with Crippen LogP contribution in [0.2, 0.25) is 5.02 Å². The molecule has 0 aliphatic heterocycles. The topological polar surface area (TPSA) is 43.6 Å². The Morgan fingerprint density at radius 1 is 1.14 bits per heavy atom. The molecule has 0 atom stereocenters. The van der Waals surface area contributed by atoms with Crippen LogP contribution in [0.1, 0.15) is 6.55 Å². The van der Waals surface area contributed by atoms with Crippen molar-refractivity contribution in [3.63, 3.8) is 0 Å². The van der Waals surface area contributed by atoms with Crippen LogP contribution in [0, 0.1) is 0 Å². The Kier molecular flexibility index (Phi) is 3.62. The Labute approximate surface area is 124 Å². The quantitative estimate of drug-likeness (QED) is 0.733. The predicted octanol–water partition coefficient (Wildman–Crippen LogP) is 4.06. The van der Waals surface area contributed by atoms with Gasteiger partial charge >= 0.3 is 6.55 Å². The Balaban J connectivity index is 2.14. The van der Waals surface area contributed by atoms with Crippen LogP contribution in [-0.4, -0.2) is 19.7 Å². The van der Waals surface area contributed by atoms with Gasteiger partial charge in [-0.15, -0.1) is 0 Å². The smallest absolute Gasteiger partial charge is 0.245 e. The molecule has 0 spiro atoms. The summed E-state index contributed by atoms with van der Waals surface area (Å²) in [4.78, 5) is 8.04. The molecule has 0 N–H and O–H groups in total. The zero-order valence-corrected chi connectivity index (χ0v) is 11.4. The molecule has 7 heteroatoms. The molecule has 0 saturated carbocycles. The van der Waals surface area contributed by atoms with Crippen LogP contribution in [0.3, 0.4) is 0 Å². The first-order chi connectivity index (χ1) is 10.1. The standard InChI is InChI=1S/C14H9ClF2N4/c15-10-1-2-11(9-6-20-21(7-9)14(16)17)12(5-10)13-3-4-18-8-19-13/h1-8,14H. The summed E-state index contributed by atoms with van der Waals surface area (Å²) in [5.41, 5.74) is 2.69. The van der Waals surface area contributed by atoms with Gasteiger partial charge in [0.15, 0.2) is 0 Å². The predicted molar refractivity (Wildman–Crippen MR) is 75.0 cm³/mol. The van der Waals surface area contributed by atoms with Gasteiger partial charge in [-0.05, 0) is 23.8 Å². The van der Waals surface area contributed by atoms with Gasteiger partial charge in [0.25, 0.3) is 0 Å². The van der Waals surface area contributed by atoms with Gasteiger partial charge in [-0.25, -0.2) is 14.6 Å². The average molecular weight is 307 g/mol. The van der Waals surface area contributed by atoms with Gasteiger partial charge in [0.1, 0.15) is 6.33 Å². The Morgan fingerprint density at radius 2 is 2.00 bits per heavy atom. The van der Waals surface area contributed by atoms with Crippen LogP contribution >= 0.6 is 11.6 Å². The fourth-order valence-corrected chi connectivity index (χ4v) is 2.19. The minimum absolute atomic E-state index is 0.536. The second-order valence-electron chi connectivity index (χ2n) is 4.27. The highest BCUT2D eigenvalue weighted by atomic mass is 35.5. The number of alkyl halides is 2. The van der Waals surface area contributed by atoms with Crippen molar-refractivity contribution in [3.8, 4) is 22.4 Å². The maximum atomic E-state index is 12.6. The van der Waals surface area contributed by atoms with E-state index in [1.807, 2.05) is 0 Å². The number of aromatic nitrogens is 4. The van der Waals surface area contributed by atoms with E-state index < -0.39 is 6.55 Å². The lowest BCUT2D eigenvalue weighted by atomic mass is 10.00. The summed E-state index contributed by atoms with van der Waals surface area (Å²) in [6.45, 7) is -2.67. The number of hydrogen-bond acceptors (Lipinski definition) is 3. The zero-order chi connectivity index (χ0) is 14.8. The van der Waals surface area contributed by atoms with Crippen LogP contribution < -0.4 is 0 Å². The molecule has 0 aliphatic rings. The largest absolute Gasteiger partial charge is 0.333 e. The lowest BCUT2D eigenvalue weighted by molar-refractivity contribution is 0.0566. The van der Waals surface area contributed by atoms with E-state index in [-0.39, 0.29) is 0 Å². The molecule has 1 aromatic carbocycles. The SMILES string of the molecule is FC(F)n1cc(-c2ccc(Cl)cc2-c2ccncn2)cn1. The van der Waals surface area contributed by atoms with E-state index in [2.05, 4.69) is 15.1 Å². The number of rotatable bonds is 3. The van der Waals surface area contributed by atoms with Gasteiger partial charge in [0, 0.05) is 28.5 Å². The summed E-state index contributed by atoms with van der Waals surface area (Å²) >= 11 is 6.03. The lowest BCUT2D eigenvalue weighted by Crippen LogP contribution is -1.96. The van der Waals surface area contributed by atoms with E-state index in [9.17, 15) is 8.78 Å². The average Bonchev–Trinajstić information content (AvgIpc) is 2.98. The molecule has 0 unspecified atom stereocenters. The van der Waals surface area contributed by atoms with Crippen molar-refractivity contribution in [1.29, 1.82) is 0 Å². The van der Waals surface area contributed by atoms with Crippen LogP contribution in [0.5, 0.6) is 0 Å². The van der Waals surface area contributed by atoms with Crippen LogP contribution in [0.4, 0.5) is 8.78 Å². The second kappa shape index (κ2) is 5.57. The van der Waals surface area contributed by atoms with Crippen LogP contribution in [-0.2, 0) is 0 Å². The highest BCUT2D eigenvalue weighted by Crippen LogP contribution is 2.33. The molecule has 3 rings (SSSR count). The highest BCUT2D eigenvalue weighted by Gasteiger charge is 2.13. The van der Waals surface area contributed by atoms with Crippen molar-refractivity contribution in [2.24, 2.45) is 0 Å². The molecular formula is C14H9ClF2N4. The first kappa shape index (κ1) is 13.6. The molecule has 0 amide bonds. The molecule has 0 fully saturated rings. The normalized spacial score (nSPS) is 11.0. The van der Waals surface area contributed by atoms with Gasteiger partial charge in [-0.1, -0.05) is 17.7 Å². The summed E-state index contributed by atoms with van der Waals surface area (Å²) in [6.07, 6.45) is 5.71. The molecule has 21 heavy (non-hydrogen) atoms. The molecule has 0 bridgehead atoms. The van der Waals surface area contributed by atoms with E-state index in [4.69, 9.17) is 11.6 Å². The van der Waals surface area contributed by atoms with Gasteiger partial charge in [-0.3, -0.25) is 0 Å². The fraction of sp³-hybridized carbons (Fsp3) is 0.0714. The zero-order valence-electron chi connectivity index (χ0n) is 10.6. The van der Waals surface area contributed by atoms with Crippen LogP contribution in [0.25, 0.3) is 22.4 Å².